The highest BCUT2D eigenvalue weighted by Crippen LogP contribution is 2.55. The Balaban J connectivity index is 0.000000247. The predicted octanol–water partition coefficient (Wildman–Crippen LogP) is 0.958. The summed E-state index contributed by atoms with van der Waals surface area (Å²) in [5, 5.41) is 42.5. The largest absolute Gasteiger partial charge is 0.508 e. The first kappa shape index (κ1) is 17.7. The summed E-state index contributed by atoms with van der Waals surface area (Å²) in [6.07, 6.45) is 1.85. The van der Waals surface area contributed by atoms with Crippen LogP contribution in [0.4, 0.5) is 0 Å². The smallest absolute Gasteiger partial charge is 0.335 e. The van der Waals surface area contributed by atoms with Crippen LogP contribution in [0.3, 0.4) is 0 Å². The predicted molar refractivity (Wildman–Crippen MR) is 104 cm³/mol. The lowest BCUT2D eigenvalue weighted by molar-refractivity contribution is -0.165. The summed E-state index contributed by atoms with van der Waals surface area (Å²) in [7, 11) is 0. The van der Waals surface area contributed by atoms with E-state index in [1.807, 2.05) is 12.1 Å². The number of likely N-dealkylation sites (N-methyl/N-ethyl adjacent to an activating group) is 1. The molecule has 1 saturated heterocycles. The van der Waals surface area contributed by atoms with Crippen LogP contribution in [0.25, 0.3) is 0 Å². The Morgan fingerprint density at radius 1 is 1.17 bits per heavy atom. The van der Waals surface area contributed by atoms with Gasteiger partial charge in [0.1, 0.15) is 5.75 Å². The van der Waals surface area contributed by atoms with E-state index < -0.39 is 31.1 Å². The summed E-state index contributed by atoms with van der Waals surface area (Å²) < 4.78 is 23.7. The molecular formula is C21H29NO7. The molecule has 1 saturated carbocycles. The zero-order valence-electron chi connectivity index (χ0n) is 19.0. The van der Waals surface area contributed by atoms with E-state index in [1.54, 1.807) is 11.0 Å². The number of carboxylic acid groups (broad SMARTS) is 2. The maximum Gasteiger partial charge on any atom is 0.335 e. The molecule has 1 aromatic carbocycles. The molecule has 2 bridgehead atoms. The summed E-state index contributed by atoms with van der Waals surface area (Å²) in [5.74, 6) is -2.77. The number of nitrogens with zero attached hydrogens (tertiary/aromatic N) is 1. The van der Waals surface area contributed by atoms with Gasteiger partial charge < -0.3 is 30.4 Å². The van der Waals surface area contributed by atoms with Gasteiger partial charge in [-0.2, -0.15) is 0 Å². The van der Waals surface area contributed by atoms with E-state index in [2.05, 4.69) is 0 Å². The fraction of sp³-hybridized carbons (Fsp3) is 0.619. The molecule has 8 heteroatoms. The van der Waals surface area contributed by atoms with Gasteiger partial charge in [-0.15, -0.1) is 0 Å². The zero-order chi connectivity index (χ0) is 23.8. The van der Waals surface area contributed by atoms with Gasteiger partial charge in [-0.3, -0.25) is 0 Å². The van der Waals surface area contributed by atoms with Crippen LogP contribution in [0.1, 0.15) is 47.3 Å². The SMILES string of the molecule is O=C(O)C(O)C(O)C(=O)O.[2H]C([2H])([2H])N1CCC23CCCCC2C1Cc1ccc(O)cc13. The molecule has 1 heterocycles. The second kappa shape index (κ2) is 8.30. The topological polar surface area (TPSA) is 139 Å². The van der Waals surface area contributed by atoms with Crippen LogP contribution >= 0.6 is 0 Å². The van der Waals surface area contributed by atoms with Gasteiger partial charge in [0.05, 0.1) is 0 Å². The molecule has 3 aliphatic rings. The van der Waals surface area contributed by atoms with E-state index in [-0.39, 0.29) is 11.5 Å². The molecule has 4 rings (SSSR count). The molecule has 5 unspecified atom stereocenters. The molecule has 5 N–H and O–H groups in total. The van der Waals surface area contributed by atoms with Gasteiger partial charge in [0.2, 0.25) is 0 Å². The highest BCUT2D eigenvalue weighted by molar-refractivity contribution is 5.83. The van der Waals surface area contributed by atoms with E-state index in [9.17, 15) is 14.7 Å². The van der Waals surface area contributed by atoms with Crippen molar-refractivity contribution in [3.05, 3.63) is 29.3 Å². The zero-order valence-corrected chi connectivity index (χ0v) is 16.0. The van der Waals surface area contributed by atoms with Crippen molar-refractivity contribution in [2.24, 2.45) is 5.92 Å². The minimum Gasteiger partial charge on any atom is -0.508 e. The summed E-state index contributed by atoms with van der Waals surface area (Å²) in [6.45, 7) is -1.35. The first-order valence-electron chi connectivity index (χ1n) is 11.3. The van der Waals surface area contributed by atoms with Crippen LogP contribution in [0.5, 0.6) is 5.75 Å². The number of likely N-dealkylation sites (tertiary alicyclic amines) is 1. The second-order valence-electron chi connectivity index (χ2n) is 8.13. The molecule has 0 radical (unpaired) electrons. The van der Waals surface area contributed by atoms with E-state index >= 15 is 0 Å². The molecule has 8 nitrogen and oxygen atoms in total. The van der Waals surface area contributed by atoms with Crippen LogP contribution in [0, 0.1) is 5.92 Å². The third-order valence-corrected chi connectivity index (χ3v) is 6.63. The van der Waals surface area contributed by atoms with Crippen molar-refractivity contribution >= 4 is 11.9 Å². The Morgan fingerprint density at radius 3 is 2.48 bits per heavy atom. The van der Waals surface area contributed by atoms with Crippen LogP contribution in [-0.2, 0) is 21.4 Å². The van der Waals surface area contributed by atoms with Crippen molar-refractivity contribution in [3.63, 3.8) is 0 Å². The third kappa shape index (κ3) is 3.97. The Morgan fingerprint density at radius 2 is 1.86 bits per heavy atom. The maximum atomic E-state index is 9.95. The second-order valence-corrected chi connectivity index (χ2v) is 8.13. The van der Waals surface area contributed by atoms with E-state index in [4.69, 9.17) is 24.5 Å². The number of aromatic hydroxyl groups is 1. The number of aliphatic hydroxyl groups is 2. The van der Waals surface area contributed by atoms with Crippen LogP contribution in [0.2, 0.25) is 0 Å². The molecule has 2 fully saturated rings. The molecule has 29 heavy (non-hydrogen) atoms. The Labute approximate surface area is 173 Å². The minimum absolute atomic E-state index is 0.0942. The van der Waals surface area contributed by atoms with Gasteiger partial charge in [0.25, 0.3) is 0 Å². The monoisotopic (exact) mass is 410 g/mol. The average Bonchev–Trinajstić information content (AvgIpc) is 2.72. The maximum absolute atomic E-state index is 9.95. The molecule has 1 aromatic rings. The van der Waals surface area contributed by atoms with Gasteiger partial charge in [0.15, 0.2) is 12.2 Å². The van der Waals surface area contributed by atoms with E-state index in [0.29, 0.717) is 18.2 Å². The van der Waals surface area contributed by atoms with E-state index in [0.717, 1.165) is 25.7 Å². The first-order chi connectivity index (χ1) is 14.9. The lowest BCUT2D eigenvalue weighted by atomic mass is 9.52. The molecule has 0 spiro atoms. The average molecular weight is 410 g/mol. The fourth-order valence-corrected chi connectivity index (χ4v) is 5.26. The van der Waals surface area contributed by atoms with Gasteiger partial charge in [-0.25, -0.2) is 9.59 Å². The molecule has 160 valence electrons. The number of carbonyl (C=O) groups is 2. The van der Waals surface area contributed by atoms with Crippen molar-refractivity contribution in [2.45, 2.75) is 62.2 Å². The normalized spacial score (nSPS) is 32.0. The van der Waals surface area contributed by atoms with Crippen molar-refractivity contribution in [2.75, 3.05) is 13.5 Å². The van der Waals surface area contributed by atoms with E-state index in [1.165, 1.54) is 24.0 Å². The van der Waals surface area contributed by atoms with Gasteiger partial charge in [0, 0.05) is 15.6 Å². The summed E-state index contributed by atoms with van der Waals surface area (Å²) >= 11 is 0. The molecule has 5 atom stereocenters. The minimum atomic E-state index is -2.27. The number of phenolic OH excluding ortho intramolecular Hbond substituents is 1. The summed E-state index contributed by atoms with van der Waals surface area (Å²) in [5.41, 5.74) is 2.64. The number of rotatable bonds is 3. The van der Waals surface area contributed by atoms with Crippen molar-refractivity contribution in [1.29, 1.82) is 0 Å². The Bertz CT molecular complexity index is 859. The Kier molecular flexibility index (Phi) is 5.06. The number of piperidine rings is 1. The number of carboxylic acids is 2. The summed E-state index contributed by atoms with van der Waals surface area (Å²) in [4.78, 5) is 21.3. The van der Waals surface area contributed by atoms with Crippen LogP contribution < -0.4 is 0 Å². The van der Waals surface area contributed by atoms with Crippen molar-refractivity contribution in [1.82, 2.24) is 4.90 Å². The number of phenols is 1. The quantitative estimate of drug-likeness (QED) is 0.497. The highest BCUT2D eigenvalue weighted by Gasteiger charge is 2.53. The van der Waals surface area contributed by atoms with Crippen molar-refractivity contribution < 1.29 is 39.2 Å². The lowest BCUT2D eigenvalue weighted by Gasteiger charge is -2.58. The lowest BCUT2D eigenvalue weighted by Crippen LogP contribution is -2.59. The standard InChI is InChI=1S/C17H23NO.C4H6O6/c1-18-9-8-17-7-3-2-4-14(17)16(18)10-12-5-6-13(19)11-15(12)17;5-1(3(7)8)2(6)4(9)10/h5-6,11,14,16,19H,2-4,7-10H2,1H3;1-2,5-6H,(H,7,8)(H,9,10)/i1D3;. The fourth-order valence-electron chi connectivity index (χ4n) is 5.26. The van der Waals surface area contributed by atoms with Gasteiger partial charge in [-0.05, 0) is 68.4 Å². The van der Waals surface area contributed by atoms with Gasteiger partial charge >= 0.3 is 11.9 Å². The number of hydrogen-bond donors (Lipinski definition) is 5. The highest BCUT2D eigenvalue weighted by atomic mass is 16.4. The summed E-state index contributed by atoms with van der Waals surface area (Å²) in [6, 6.07) is 5.83. The van der Waals surface area contributed by atoms with Gasteiger partial charge in [-0.1, -0.05) is 18.9 Å². The number of fused-ring (bicyclic) bond motifs is 1. The van der Waals surface area contributed by atoms with Crippen LogP contribution in [0.15, 0.2) is 18.2 Å². The number of benzene rings is 1. The Hall–Kier alpha value is -2.16. The number of hydrogen-bond acceptors (Lipinski definition) is 6. The molecule has 2 aliphatic carbocycles. The molecule has 0 amide bonds. The molecule has 0 aromatic heterocycles. The number of aliphatic carboxylic acids is 2. The molecule has 1 aliphatic heterocycles. The molecular weight excluding hydrogens is 378 g/mol. The van der Waals surface area contributed by atoms with Crippen molar-refractivity contribution in [3.8, 4) is 5.75 Å². The number of aliphatic hydroxyl groups excluding tert-OH is 2. The third-order valence-electron chi connectivity index (χ3n) is 6.63. The first-order valence-corrected chi connectivity index (χ1v) is 9.79. The van der Waals surface area contributed by atoms with Crippen LogP contribution in [-0.4, -0.2) is 74.1 Å².